The summed E-state index contributed by atoms with van der Waals surface area (Å²) in [6.45, 7) is 4.99. The van der Waals surface area contributed by atoms with Gasteiger partial charge in [0, 0.05) is 6.54 Å². The zero-order chi connectivity index (χ0) is 19.7. The van der Waals surface area contributed by atoms with Crippen LogP contribution < -0.4 is 5.32 Å². The van der Waals surface area contributed by atoms with Crippen molar-refractivity contribution in [3.8, 4) is 11.5 Å². The van der Waals surface area contributed by atoms with Gasteiger partial charge >= 0.3 is 0 Å². The summed E-state index contributed by atoms with van der Waals surface area (Å²) in [5, 5.41) is 10.9. The van der Waals surface area contributed by atoms with Crippen LogP contribution in [0.1, 0.15) is 24.2 Å². The van der Waals surface area contributed by atoms with Gasteiger partial charge in [-0.25, -0.2) is 9.61 Å². The monoisotopic (exact) mass is 395 g/mol. The van der Waals surface area contributed by atoms with Gasteiger partial charge in [-0.3, -0.25) is 4.79 Å². The van der Waals surface area contributed by atoms with Crippen LogP contribution in [0, 0.1) is 5.92 Å². The highest BCUT2D eigenvalue weighted by atomic mass is 35.5. The van der Waals surface area contributed by atoms with E-state index in [1.807, 2.05) is 24.3 Å². The minimum absolute atomic E-state index is 0.199. The molecule has 28 heavy (non-hydrogen) atoms. The van der Waals surface area contributed by atoms with Crippen LogP contribution in [0.5, 0.6) is 0 Å². The number of benzene rings is 2. The molecule has 0 aliphatic carbocycles. The Hall–Kier alpha value is -3.19. The van der Waals surface area contributed by atoms with Crippen molar-refractivity contribution in [1.29, 1.82) is 0 Å². The number of rotatable bonds is 5. The molecule has 4 aromatic rings. The molecule has 1 amide bonds. The van der Waals surface area contributed by atoms with Gasteiger partial charge in [0.05, 0.1) is 21.6 Å². The zero-order valence-electron chi connectivity index (χ0n) is 15.4. The third kappa shape index (κ3) is 3.36. The normalized spacial score (nSPS) is 11.3. The lowest BCUT2D eigenvalue weighted by atomic mass is 10.2. The first kappa shape index (κ1) is 18.2. The molecule has 0 atom stereocenters. The van der Waals surface area contributed by atoms with Gasteiger partial charge in [0.15, 0.2) is 11.5 Å². The summed E-state index contributed by atoms with van der Waals surface area (Å²) in [6, 6.07) is 14.6. The Balaban J connectivity index is 1.75. The predicted octanol–water partition coefficient (Wildman–Crippen LogP) is 4.65. The van der Waals surface area contributed by atoms with Crippen LogP contribution >= 0.6 is 11.6 Å². The summed E-state index contributed by atoms with van der Waals surface area (Å²) >= 11 is 6.12. The molecular formula is C20H18ClN5O2. The third-order valence-corrected chi connectivity index (χ3v) is 4.58. The fourth-order valence-corrected chi connectivity index (χ4v) is 3.27. The van der Waals surface area contributed by atoms with E-state index in [4.69, 9.17) is 16.2 Å². The Morgan fingerprint density at radius 1 is 1.14 bits per heavy atom. The van der Waals surface area contributed by atoms with Gasteiger partial charge in [-0.05, 0) is 40.5 Å². The van der Waals surface area contributed by atoms with E-state index >= 15 is 0 Å². The minimum Gasteiger partial charge on any atom is -0.322 e. The molecular weight excluding hydrogens is 378 g/mol. The van der Waals surface area contributed by atoms with Crippen molar-refractivity contribution in [3.05, 3.63) is 59.1 Å². The average Bonchev–Trinajstić information content (AvgIpc) is 3.26. The summed E-state index contributed by atoms with van der Waals surface area (Å²) < 4.78 is 6.98. The van der Waals surface area contributed by atoms with E-state index < -0.39 is 5.91 Å². The molecule has 2 aromatic carbocycles. The van der Waals surface area contributed by atoms with E-state index in [0.29, 0.717) is 28.0 Å². The van der Waals surface area contributed by atoms with Gasteiger partial charge in [-0.2, -0.15) is 0 Å². The molecule has 142 valence electrons. The summed E-state index contributed by atoms with van der Waals surface area (Å²) in [7, 11) is 0. The fourth-order valence-electron chi connectivity index (χ4n) is 3.04. The highest BCUT2D eigenvalue weighted by Gasteiger charge is 2.23. The van der Waals surface area contributed by atoms with Crippen LogP contribution in [-0.2, 0) is 6.54 Å². The highest BCUT2D eigenvalue weighted by Crippen LogP contribution is 2.29. The van der Waals surface area contributed by atoms with E-state index in [9.17, 15) is 4.79 Å². The average molecular weight is 396 g/mol. The van der Waals surface area contributed by atoms with Crippen molar-refractivity contribution in [2.45, 2.75) is 20.4 Å². The molecule has 7 nitrogen and oxygen atoms in total. The fraction of sp³-hybridized carbons (Fsp3) is 0.200. The van der Waals surface area contributed by atoms with Crippen LogP contribution in [-0.4, -0.2) is 25.8 Å². The quantitative estimate of drug-likeness (QED) is 0.531. The standard InChI is InChI=1S/C20H18ClN5O2/c1-12(2)11-26-16-10-6-5-9-15(16)22-19(26)17-18(25-28-24-17)23-20(27)13-7-3-4-8-14(13)21/h3-10,12H,11H2,1-2H3,(H,23,25,27). The van der Waals surface area contributed by atoms with E-state index in [-0.39, 0.29) is 5.82 Å². The van der Waals surface area contributed by atoms with Gasteiger partial charge in [0.2, 0.25) is 5.82 Å². The first-order chi connectivity index (χ1) is 13.5. The van der Waals surface area contributed by atoms with Crippen LogP contribution in [0.3, 0.4) is 0 Å². The smallest absolute Gasteiger partial charge is 0.258 e. The van der Waals surface area contributed by atoms with Gasteiger partial charge in [-0.15, -0.1) is 0 Å². The number of carbonyl (C=O) groups is 1. The number of fused-ring (bicyclic) bond motifs is 1. The highest BCUT2D eigenvalue weighted by molar-refractivity contribution is 6.34. The van der Waals surface area contributed by atoms with Crippen molar-refractivity contribution in [3.63, 3.8) is 0 Å². The van der Waals surface area contributed by atoms with Crippen LogP contribution in [0.25, 0.3) is 22.6 Å². The molecule has 0 radical (unpaired) electrons. The van der Waals surface area contributed by atoms with Crippen molar-refractivity contribution in [1.82, 2.24) is 19.9 Å². The molecule has 0 bridgehead atoms. The number of nitrogens with one attached hydrogen (secondary N) is 1. The van der Waals surface area contributed by atoms with Crippen molar-refractivity contribution in [2.75, 3.05) is 5.32 Å². The lowest BCUT2D eigenvalue weighted by molar-refractivity contribution is 0.102. The Morgan fingerprint density at radius 3 is 2.68 bits per heavy atom. The van der Waals surface area contributed by atoms with Gasteiger partial charge in [0.1, 0.15) is 0 Å². The lowest BCUT2D eigenvalue weighted by Gasteiger charge is -2.11. The maximum Gasteiger partial charge on any atom is 0.258 e. The second-order valence-electron chi connectivity index (χ2n) is 6.82. The molecule has 0 aliphatic rings. The molecule has 8 heteroatoms. The molecule has 0 saturated heterocycles. The molecule has 0 saturated carbocycles. The number of para-hydroxylation sites is 2. The maximum atomic E-state index is 12.6. The first-order valence-electron chi connectivity index (χ1n) is 8.88. The van der Waals surface area contributed by atoms with E-state index in [0.717, 1.165) is 17.6 Å². The Labute approximate surface area is 166 Å². The number of carbonyl (C=O) groups excluding carboxylic acids is 1. The van der Waals surface area contributed by atoms with E-state index in [2.05, 4.69) is 39.0 Å². The van der Waals surface area contributed by atoms with Crippen molar-refractivity contribution >= 4 is 34.4 Å². The molecule has 0 spiro atoms. The molecule has 0 aliphatic heterocycles. The second-order valence-corrected chi connectivity index (χ2v) is 7.23. The second kappa shape index (κ2) is 7.44. The number of amides is 1. The maximum absolute atomic E-state index is 12.6. The van der Waals surface area contributed by atoms with Crippen LogP contribution in [0.2, 0.25) is 5.02 Å². The van der Waals surface area contributed by atoms with E-state index in [1.54, 1.807) is 24.3 Å². The van der Waals surface area contributed by atoms with Gasteiger partial charge < -0.3 is 9.88 Å². The number of halogens is 1. The largest absolute Gasteiger partial charge is 0.322 e. The molecule has 2 aromatic heterocycles. The number of hydrogen-bond acceptors (Lipinski definition) is 5. The van der Waals surface area contributed by atoms with Crippen molar-refractivity contribution in [2.24, 2.45) is 5.92 Å². The molecule has 0 fully saturated rings. The number of imidazole rings is 1. The van der Waals surface area contributed by atoms with E-state index in [1.165, 1.54) is 0 Å². The number of hydrogen-bond donors (Lipinski definition) is 1. The SMILES string of the molecule is CC(C)Cn1c(-c2nonc2NC(=O)c2ccccc2Cl)nc2ccccc21. The molecule has 4 rings (SSSR count). The molecule has 1 N–H and O–H groups in total. The minimum atomic E-state index is -0.394. The topological polar surface area (TPSA) is 85.8 Å². The molecule has 0 unspecified atom stereocenters. The number of anilines is 1. The van der Waals surface area contributed by atoms with Crippen molar-refractivity contribution < 1.29 is 9.42 Å². The summed E-state index contributed by atoms with van der Waals surface area (Å²) in [5.41, 5.74) is 2.54. The number of aromatic nitrogens is 4. The summed E-state index contributed by atoms with van der Waals surface area (Å²) in [5.74, 6) is 0.780. The lowest BCUT2D eigenvalue weighted by Crippen LogP contribution is -2.14. The Bertz CT molecular complexity index is 1150. The summed E-state index contributed by atoms with van der Waals surface area (Å²) in [4.78, 5) is 17.3. The zero-order valence-corrected chi connectivity index (χ0v) is 16.1. The van der Waals surface area contributed by atoms with Gasteiger partial charge in [-0.1, -0.05) is 49.7 Å². The van der Waals surface area contributed by atoms with Crippen LogP contribution in [0.4, 0.5) is 5.82 Å². The van der Waals surface area contributed by atoms with Gasteiger partial charge in [0.25, 0.3) is 5.91 Å². The first-order valence-corrected chi connectivity index (χ1v) is 9.26. The summed E-state index contributed by atoms with van der Waals surface area (Å²) in [6.07, 6.45) is 0. The Kier molecular flexibility index (Phi) is 4.83. The Morgan fingerprint density at radius 2 is 1.89 bits per heavy atom. The van der Waals surface area contributed by atoms with Crippen LogP contribution in [0.15, 0.2) is 53.2 Å². The third-order valence-electron chi connectivity index (χ3n) is 4.25. The number of nitrogens with zero attached hydrogens (tertiary/aromatic N) is 4. The molecule has 2 heterocycles. The predicted molar refractivity (Wildman–Crippen MR) is 107 cm³/mol.